The van der Waals surface area contributed by atoms with Crippen LogP contribution in [0.5, 0.6) is 0 Å². The van der Waals surface area contributed by atoms with E-state index >= 15 is 0 Å². The topological polar surface area (TPSA) is 57.7 Å². The van der Waals surface area contributed by atoms with Crippen LogP contribution in [0.1, 0.15) is 77.2 Å². The van der Waals surface area contributed by atoms with Crippen LogP contribution in [-0.4, -0.2) is 34.7 Å². The molecule has 1 aliphatic carbocycles. The van der Waals surface area contributed by atoms with Crippen LogP contribution < -0.4 is 4.90 Å². The Hall–Kier alpha value is -2.17. The summed E-state index contributed by atoms with van der Waals surface area (Å²) in [6, 6.07) is 6.98. The molecule has 146 valence electrons. The van der Waals surface area contributed by atoms with E-state index < -0.39 is 6.04 Å². The lowest BCUT2D eigenvalue weighted by Gasteiger charge is -2.34. The van der Waals surface area contributed by atoms with Gasteiger partial charge in [-0.1, -0.05) is 51.7 Å². The second-order valence-corrected chi connectivity index (χ2v) is 8.11. The Labute approximate surface area is 161 Å². The van der Waals surface area contributed by atoms with Crippen LogP contribution in [-0.2, 0) is 14.4 Å². The maximum Gasteiger partial charge on any atom is 0.257 e. The first-order chi connectivity index (χ1) is 12.9. The Morgan fingerprint density at radius 1 is 1.04 bits per heavy atom. The third-order valence-electron chi connectivity index (χ3n) is 5.86. The van der Waals surface area contributed by atoms with Gasteiger partial charge in [-0.25, -0.2) is 4.90 Å². The lowest BCUT2D eigenvalue weighted by atomic mass is 10.0. The van der Waals surface area contributed by atoms with Crippen molar-refractivity contribution >= 4 is 23.4 Å². The van der Waals surface area contributed by atoms with Gasteiger partial charge in [-0.3, -0.25) is 14.4 Å². The third kappa shape index (κ3) is 4.07. The lowest BCUT2D eigenvalue weighted by Crippen LogP contribution is -2.49. The van der Waals surface area contributed by atoms with E-state index in [4.69, 9.17) is 0 Å². The van der Waals surface area contributed by atoms with Gasteiger partial charge in [0.25, 0.3) is 5.91 Å². The number of benzene rings is 1. The van der Waals surface area contributed by atoms with Crippen LogP contribution in [0, 0.1) is 0 Å². The van der Waals surface area contributed by atoms with Crippen molar-refractivity contribution in [3.8, 4) is 0 Å². The van der Waals surface area contributed by atoms with E-state index in [1.807, 2.05) is 24.3 Å². The molecule has 1 aliphatic heterocycles. The Balaban J connectivity index is 1.83. The lowest BCUT2D eigenvalue weighted by molar-refractivity contribution is -0.139. The van der Waals surface area contributed by atoms with Crippen molar-refractivity contribution in [3.05, 3.63) is 29.8 Å². The summed E-state index contributed by atoms with van der Waals surface area (Å²) in [4.78, 5) is 41.1. The van der Waals surface area contributed by atoms with Gasteiger partial charge in [-0.2, -0.15) is 0 Å². The smallest absolute Gasteiger partial charge is 0.257 e. The van der Waals surface area contributed by atoms with Crippen molar-refractivity contribution in [1.29, 1.82) is 0 Å². The maximum atomic E-state index is 13.1. The average molecular weight is 370 g/mol. The van der Waals surface area contributed by atoms with Gasteiger partial charge in [0.2, 0.25) is 11.8 Å². The van der Waals surface area contributed by atoms with E-state index in [9.17, 15) is 14.4 Å². The molecule has 27 heavy (non-hydrogen) atoms. The Bertz CT molecular complexity index is 703. The van der Waals surface area contributed by atoms with E-state index in [0.29, 0.717) is 11.6 Å². The van der Waals surface area contributed by atoms with Crippen molar-refractivity contribution in [1.82, 2.24) is 4.90 Å². The summed E-state index contributed by atoms with van der Waals surface area (Å²) in [5.41, 5.74) is 1.76. The number of nitrogens with zero attached hydrogens (tertiary/aromatic N) is 2. The van der Waals surface area contributed by atoms with Gasteiger partial charge in [-0.15, -0.1) is 0 Å². The highest BCUT2D eigenvalue weighted by atomic mass is 16.2. The van der Waals surface area contributed by atoms with E-state index in [1.165, 1.54) is 30.2 Å². The molecule has 1 saturated carbocycles. The highest BCUT2D eigenvalue weighted by molar-refractivity contribution is 6.23. The minimum atomic E-state index is -0.664. The molecule has 2 fully saturated rings. The number of amides is 3. The van der Waals surface area contributed by atoms with Crippen LogP contribution >= 0.6 is 0 Å². The zero-order valence-electron chi connectivity index (χ0n) is 16.6. The molecule has 0 radical (unpaired) electrons. The molecule has 1 aromatic carbocycles. The number of hydrogen-bond donors (Lipinski definition) is 0. The van der Waals surface area contributed by atoms with E-state index in [0.717, 1.165) is 25.7 Å². The zero-order valence-corrected chi connectivity index (χ0v) is 16.6. The van der Waals surface area contributed by atoms with Crippen molar-refractivity contribution < 1.29 is 14.4 Å². The molecule has 1 saturated heterocycles. The summed E-state index contributed by atoms with van der Waals surface area (Å²) < 4.78 is 0. The number of carbonyl (C=O) groups excluding carboxylic acids is 3. The summed E-state index contributed by atoms with van der Waals surface area (Å²) in [6.07, 6.45) is 6.41. The number of imide groups is 1. The number of carbonyl (C=O) groups is 3. The molecule has 1 aromatic rings. The normalized spacial score (nSPS) is 21.6. The Morgan fingerprint density at radius 2 is 1.63 bits per heavy atom. The molecular weight excluding hydrogens is 340 g/mol. The first-order valence-corrected chi connectivity index (χ1v) is 10.2. The van der Waals surface area contributed by atoms with Crippen LogP contribution in [0.15, 0.2) is 24.3 Å². The molecule has 0 N–H and O–H groups in total. The van der Waals surface area contributed by atoms with Gasteiger partial charge < -0.3 is 4.90 Å². The van der Waals surface area contributed by atoms with Crippen LogP contribution in [0.3, 0.4) is 0 Å². The molecule has 3 rings (SSSR count). The van der Waals surface area contributed by atoms with Crippen molar-refractivity contribution in [2.75, 3.05) is 4.90 Å². The molecule has 1 atom stereocenters. The first-order valence-electron chi connectivity index (χ1n) is 10.2. The molecule has 5 heteroatoms. The van der Waals surface area contributed by atoms with Gasteiger partial charge in [-0.05, 0) is 36.5 Å². The molecule has 0 bridgehead atoms. The Kier molecular flexibility index (Phi) is 5.98. The van der Waals surface area contributed by atoms with Crippen LogP contribution in [0.2, 0.25) is 0 Å². The monoisotopic (exact) mass is 370 g/mol. The molecule has 0 spiro atoms. The molecule has 2 aliphatic rings. The molecule has 1 unspecified atom stereocenters. The molecular formula is C22H30N2O3. The maximum absolute atomic E-state index is 13.1. The molecule has 0 aromatic heterocycles. The third-order valence-corrected chi connectivity index (χ3v) is 5.86. The van der Waals surface area contributed by atoms with Gasteiger partial charge in [0.05, 0.1) is 12.1 Å². The fraction of sp³-hybridized carbons (Fsp3) is 0.591. The summed E-state index contributed by atoms with van der Waals surface area (Å²) >= 11 is 0. The van der Waals surface area contributed by atoms with Gasteiger partial charge >= 0.3 is 0 Å². The quantitative estimate of drug-likeness (QED) is 0.594. The SMILES string of the molecule is CC(=O)N(C1CCCCCC1)C1CC(=O)N(c2ccc(C(C)C)cc2)C1=O. The second kappa shape index (κ2) is 8.24. The van der Waals surface area contributed by atoms with Gasteiger partial charge in [0, 0.05) is 13.0 Å². The van der Waals surface area contributed by atoms with E-state index in [2.05, 4.69) is 13.8 Å². The first kappa shape index (κ1) is 19.6. The number of rotatable bonds is 4. The van der Waals surface area contributed by atoms with Crippen molar-refractivity contribution in [2.24, 2.45) is 0 Å². The molecule has 5 nitrogen and oxygen atoms in total. The summed E-state index contributed by atoms with van der Waals surface area (Å²) in [5.74, 6) is -0.204. The summed E-state index contributed by atoms with van der Waals surface area (Å²) in [7, 11) is 0. The van der Waals surface area contributed by atoms with Gasteiger partial charge in [0.1, 0.15) is 6.04 Å². The minimum Gasteiger partial charge on any atom is -0.327 e. The average Bonchev–Trinajstić information content (AvgIpc) is 2.81. The fourth-order valence-corrected chi connectivity index (χ4v) is 4.38. The van der Waals surface area contributed by atoms with Crippen LogP contribution in [0.25, 0.3) is 0 Å². The zero-order chi connectivity index (χ0) is 19.6. The highest BCUT2D eigenvalue weighted by Gasteiger charge is 2.45. The predicted molar refractivity (Wildman–Crippen MR) is 105 cm³/mol. The largest absolute Gasteiger partial charge is 0.327 e. The second-order valence-electron chi connectivity index (χ2n) is 8.11. The summed E-state index contributed by atoms with van der Waals surface area (Å²) in [5, 5.41) is 0. The molecule has 3 amide bonds. The predicted octanol–water partition coefficient (Wildman–Crippen LogP) is 4.01. The standard InChI is InChI=1S/C22H30N2O3/c1-15(2)17-10-12-19(13-11-17)24-21(26)14-20(22(24)27)23(16(3)25)18-8-6-4-5-7-9-18/h10-13,15,18,20H,4-9,14H2,1-3H3. The van der Waals surface area contributed by atoms with Crippen LogP contribution in [0.4, 0.5) is 5.69 Å². The van der Waals surface area contributed by atoms with Crippen molar-refractivity contribution in [2.45, 2.75) is 83.7 Å². The molecule has 1 heterocycles. The number of anilines is 1. The number of hydrogen-bond acceptors (Lipinski definition) is 3. The van der Waals surface area contributed by atoms with Crippen molar-refractivity contribution in [3.63, 3.8) is 0 Å². The Morgan fingerprint density at radius 3 is 2.15 bits per heavy atom. The summed E-state index contributed by atoms with van der Waals surface area (Å²) in [6.45, 7) is 5.73. The fourth-order valence-electron chi connectivity index (χ4n) is 4.38. The van der Waals surface area contributed by atoms with Gasteiger partial charge in [0.15, 0.2) is 0 Å². The van der Waals surface area contributed by atoms with E-state index in [1.54, 1.807) is 4.90 Å². The minimum absolute atomic E-state index is 0.0648. The highest BCUT2D eigenvalue weighted by Crippen LogP contribution is 2.31. The van der Waals surface area contributed by atoms with E-state index in [-0.39, 0.29) is 30.2 Å².